The number of sulfonamides is 1. The summed E-state index contributed by atoms with van der Waals surface area (Å²) in [6.45, 7) is 2.52. The molecule has 0 saturated heterocycles. The van der Waals surface area contributed by atoms with E-state index in [2.05, 4.69) is 4.72 Å². The molecule has 0 aromatic heterocycles. The Morgan fingerprint density at radius 3 is 2.25 bits per heavy atom. The van der Waals surface area contributed by atoms with Gasteiger partial charge in [0, 0.05) is 25.7 Å². The van der Waals surface area contributed by atoms with Crippen LogP contribution in [-0.2, 0) is 16.4 Å². The summed E-state index contributed by atoms with van der Waals surface area (Å²) >= 11 is 0. The summed E-state index contributed by atoms with van der Waals surface area (Å²) in [5.41, 5.74) is 1.45. The van der Waals surface area contributed by atoms with Crippen molar-refractivity contribution < 1.29 is 22.7 Å². The van der Waals surface area contributed by atoms with Crippen LogP contribution >= 0.6 is 0 Å². The SMILES string of the molecule is CCNS(=O)(=O)c1ccc(C(=O)N(C)CCc2ccc(OC)c(OC)c2)cc1. The third-order valence-corrected chi connectivity index (χ3v) is 5.84. The number of methoxy groups -OCH3 is 2. The van der Waals surface area contributed by atoms with Crippen LogP contribution in [-0.4, -0.2) is 53.6 Å². The van der Waals surface area contributed by atoms with Gasteiger partial charge in [0.15, 0.2) is 11.5 Å². The Labute approximate surface area is 166 Å². The van der Waals surface area contributed by atoms with Gasteiger partial charge < -0.3 is 14.4 Å². The molecule has 2 rings (SSSR count). The average Bonchev–Trinajstić information content (AvgIpc) is 2.71. The molecule has 0 spiro atoms. The lowest BCUT2D eigenvalue weighted by molar-refractivity contribution is 0.0796. The molecule has 2 aromatic carbocycles. The van der Waals surface area contributed by atoms with Crippen molar-refractivity contribution in [2.75, 3.05) is 34.4 Å². The monoisotopic (exact) mass is 406 g/mol. The molecule has 2 aromatic rings. The van der Waals surface area contributed by atoms with Gasteiger partial charge in [-0.05, 0) is 48.4 Å². The molecule has 0 aliphatic rings. The van der Waals surface area contributed by atoms with Crippen molar-refractivity contribution >= 4 is 15.9 Å². The summed E-state index contributed by atoms with van der Waals surface area (Å²) < 4.78 is 36.9. The molecular weight excluding hydrogens is 380 g/mol. The van der Waals surface area contributed by atoms with Crippen molar-refractivity contribution in [2.45, 2.75) is 18.2 Å². The number of hydrogen-bond acceptors (Lipinski definition) is 5. The summed E-state index contributed by atoms with van der Waals surface area (Å²) in [5, 5.41) is 0. The van der Waals surface area contributed by atoms with E-state index in [0.29, 0.717) is 36.6 Å². The lowest BCUT2D eigenvalue weighted by atomic mass is 10.1. The Bertz CT molecular complexity index is 911. The normalized spacial score (nSPS) is 11.1. The van der Waals surface area contributed by atoms with Crippen LogP contribution in [0.3, 0.4) is 0 Å². The van der Waals surface area contributed by atoms with Crippen molar-refractivity contribution in [3.05, 3.63) is 53.6 Å². The lowest BCUT2D eigenvalue weighted by Crippen LogP contribution is -2.29. The minimum atomic E-state index is -3.53. The molecule has 0 saturated carbocycles. The number of ether oxygens (including phenoxy) is 2. The number of carbonyl (C=O) groups is 1. The molecule has 0 aliphatic heterocycles. The van der Waals surface area contributed by atoms with E-state index in [0.717, 1.165) is 5.56 Å². The predicted molar refractivity (Wildman–Crippen MR) is 108 cm³/mol. The molecule has 0 bridgehead atoms. The molecule has 0 fully saturated rings. The predicted octanol–water partition coefficient (Wildman–Crippen LogP) is 2.32. The second kappa shape index (κ2) is 9.57. The van der Waals surface area contributed by atoms with Crippen LogP contribution in [0.15, 0.2) is 47.4 Å². The first-order valence-electron chi connectivity index (χ1n) is 8.88. The molecule has 7 nitrogen and oxygen atoms in total. The minimum Gasteiger partial charge on any atom is -0.493 e. The summed E-state index contributed by atoms with van der Waals surface area (Å²) in [7, 11) is 1.35. The van der Waals surface area contributed by atoms with Crippen molar-refractivity contribution in [1.82, 2.24) is 9.62 Å². The Morgan fingerprint density at radius 2 is 1.68 bits per heavy atom. The van der Waals surface area contributed by atoms with Gasteiger partial charge in [-0.3, -0.25) is 4.79 Å². The van der Waals surface area contributed by atoms with Crippen LogP contribution < -0.4 is 14.2 Å². The van der Waals surface area contributed by atoms with Crippen molar-refractivity contribution in [3.8, 4) is 11.5 Å². The van der Waals surface area contributed by atoms with Gasteiger partial charge in [0.1, 0.15) is 0 Å². The smallest absolute Gasteiger partial charge is 0.253 e. The van der Waals surface area contributed by atoms with Crippen LogP contribution in [0.4, 0.5) is 0 Å². The zero-order valence-electron chi connectivity index (χ0n) is 16.6. The van der Waals surface area contributed by atoms with Gasteiger partial charge in [-0.15, -0.1) is 0 Å². The minimum absolute atomic E-state index is 0.138. The second-order valence-corrected chi connectivity index (χ2v) is 7.96. The number of hydrogen-bond donors (Lipinski definition) is 1. The average molecular weight is 407 g/mol. The maximum absolute atomic E-state index is 12.6. The van der Waals surface area contributed by atoms with E-state index in [9.17, 15) is 13.2 Å². The maximum Gasteiger partial charge on any atom is 0.253 e. The molecule has 0 radical (unpaired) electrons. The number of rotatable bonds is 9. The molecule has 152 valence electrons. The standard InChI is InChI=1S/C20H26N2O5S/c1-5-21-28(24,25)17-9-7-16(8-10-17)20(23)22(2)13-12-15-6-11-18(26-3)19(14-15)27-4/h6-11,14,21H,5,12-13H2,1-4H3. The van der Waals surface area contributed by atoms with Gasteiger partial charge in [0.05, 0.1) is 19.1 Å². The summed E-state index contributed by atoms with van der Waals surface area (Å²) in [5.74, 6) is 1.13. The Morgan fingerprint density at radius 1 is 1.04 bits per heavy atom. The van der Waals surface area contributed by atoms with E-state index in [4.69, 9.17) is 9.47 Å². The zero-order chi connectivity index (χ0) is 20.7. The number of amides is 1. The molecule has 0 unspecified atom stereocenters. The molecular formula is C20H26N2O5S. The lowest BCUT2D eigenvalue weighted by Gasteiger charge is -2.18. The van der Waals surface area contributed by atoms with Gasteiger partial charge in [-0.25, -0.2) is 13.1 Å². The second-order valence-electron chi connectivity index (χ2n) is 6.19. The van der Waals surface area contributed by atoms with Gasteiger partial charge >= 0.3 is 0 Å². The fourth-order valence-corrected chi connectivity index (χ4v) is 3.75. The Hall–Kier alpha value is -2.58. The van der Waals surface area contributed by atoms with Crippen molar-refractivity contribution in [1.29, 1.82) is 0 Å². The first-order chi connectivity index (χ1) is 13.3. The van der Waals surface area contributed by atoms with E-state index in [1.165, 1.54) is 24.3 Å². The molecule has 1 N–H and O–H groups in total. The third-order valence-electron chi connectivity index (χ3n) is 4.28. The van der Waals surface area contributed by atoms with E-state index in [-0.39, 0.29) is 10.8 Å². The number of benzene rings is 2. The number of likely N-dealkylation sites (N-methyl/N-ethyl adjacent to an activating group) is 1. The van der Waals surface area contributed by atoms with Gasteiger partial charge in [0.25, 0.3) is 5.91 Å². The van der Waals surface area contributed by atoms with Crippen LogP contribution in [0, 0.1) is 0 Å². The molecule has 8 heteroatoms. The van der Waals surface area contributed by atoms with Crippen LogP contribution in [0.25, 0.3) is 0 Å². The third kappa shape index (κ3) is 5.24. The topological polar surface area (TPSA) is 84.9 Å². The maximum atomic E-state index is 12.6. The summed E-state index contributed by atoms with van der Waals surface area (Å²) in [4.78, 5) is 14.3. The highest BCUT2D eigenvalue weighted by Crippen LogP contribution is 2.27. The number of nitrogens with zero attached hydrogens (tertiary/aromatic N) is 1. The van der Waals surface area contributed by atoms with E-state index >= 15 is 0 Å². The first-order valence-corrected chi connectivity index (χ1v) is 10.4. The zero-order valence-corrected chi connectivity index (χ0v) is 17.4. The number of nitrogens with one attached hydrogen (secondary N) is 1. The fourth-order valence-electron chi connectivity index (χ4n) is 2.70. The molecule has 0 heterocycles. The van der Waals surface area contributed by atoms with Gasteiger partial charge in [-0.1, -0.05) is 13.0 Å². The van der Waals surface area contributed by atoms with Crippen molar-refractivity contribution in [3.63, 3.8) is 0 Å². The Balaban J connectivity index is 2.03. The van der Waals surface area contributed by atoms with Gasteiger partial charge in [0.2, 0.25) is 10.0 Å². The highest BCUT2D eigenvalue weighted by atomic mass is 32.2. The van der Waals surface area contributed by atoms with Crippen LogP contribution in [0.5, 0.6) is 11.5 Å². The highest BCUT2D eigenvalue weighted by molar-refractivity contribution is 7.89. The first kappa shape index (κ1) is 21.7. The molecule has 0 atom stereocenters. The van der Waals surface area contributed by atoms with Crippen LogP contribution in [0.1, 0.15) is 22.8 Å². The van der Waals surface area contributed by atoms with Crippen LogP contribution in [0.2, 0.25) is 0 Å². The molecule has 1 amide bonds. The molecule has 28 heavy (non-hydrogen) atoms. The largest absolute Gasteiger partial charge is 0.493 e. The van der Waals surface area contributed by atoms with E-state index < -0.39 is 10.0 Å². The summed E-state index contributed by atoms with van der Waals surface area (Å²) in [6, 6.07) is 11.6. The summed E-state index contributed by atoms with van der Waals surface area (Å²) in [6.07, 6.45) is 0.648. The highest BCUT2D eigenvalue weighted by Gasteiger charge is 2.16. The van der Waals surface area contributed by atoms with Gasteiger partial charge in [-0.2, -0.15) is 0 Å². The molecule has 0 aliphatic carbocycles. The van der Waals surface area contributed by atoms with Crippen molar-refractivity contribution in [2.24, 2.45) is 0 Å². The Kier molecular flexibility index (Phi) is 7.42. The fraction of sp³-hybridized carbons (Fsp3) is 0.350. The number of carbonyl (C=O) groups excluding carboxylic acids is 1. The van der Waals surface area contributed by atoms with E-state index in [1.807, 2.05) is 18.2 Å². The van der Waals surface area contributed by atoms with E-state index in [1.54, 1.807) is 33.1 Å². The quantitative estimate of drug-likeness (QED) is 0.691.